The van der Waals surface area contributed by atoms with Gasteiger partial charge in [-0.2, -0.15) is 0 Å². The van der Waals surface area contributed by atoms with E-state index in [4.69, 9.17) is 11.6 Å². The standard InChI is InChI=1S/C14H17ClN4O/c1-8(2)12-17-13(19-18-12)14(20)16-9(3)10-6-4-5-7-11(10)15/h4-9H,1-3H3,(H,16,20)(H,17,18,19). The minimum Gasteiger partial charge on any atom is -0.343 e. The third kappa shape index (κ3) is 3.17. The van der Waals surface area contributed by atoms with E-state index in [1.165, 1.54) is 0 Å². The lowest BCUT2D eigenvalue weighted by Gasteiger charge is -2.14. The Bertz CT molecular complexity index is 609. The maximum Gasteiger partial charge on any atom is 0.291 e. The molecule has 1 unspecified atom stereocenters. The third-order valence-corrected chi connectivity index (χ3v) is 3.32. The Labute approximate surface area is 122 Å². The molecule has 2 rings (SSSR count). The lowest BCUT2D eigenvalue weighted by atomic mass is 10.1. The Morgan fingerprint density at radius 1 is 1.30 bits per heavy atom. The average molecular weight is 293 g/mol. The van der Waals surface area contributed by atoms with Crippen LogP contribution in [0.25, 0.3) is 0 Å². The van der Waals surface area contributed by atoms with Gasteiger partial charge in [0.1, 0.15) is 5.82 Å². The molecule has 2 aromatic rings. The van der Waals surface area contributed by atoms with Crippen molar-refractivity contribution in [2.45, 2.75) is 32.7 Å². The number of benzene rings is 1. The zero-order chi connectivity index (χ0) is 14.7. The van der Waals surface area contributed by atoms with Gasteiger partial charge in [-0.3, -0.25) is 9.89 Å². The van der Waals surface area contributed by atoms with Gasteiger partial charge in [-0.05, 0) is 18.6 Å². The number of hydrogen-bond acceptors (Lipinski definition) is 3. The molecule has 0 spiro atoms. The van der Waals surface area contributed by atoms with E-state index in [0.717, 1.165) is 5.56 Å². The topological polar surface area (TPSA) is 70.7 Å². The van der Waals surface area contributed by atoms with Gasteiger partial charge < -0.3 is 5.32 Å². The van der Waals surface area contributed by atoms with Crippen LogP contribution in [0.3, 0.4) is 0 Å². The molecule has 20 heavy (non-hydrogen) atoms. The molecule has 0 saturated carbocycles. The fraction of sp³-hybridized carbons (Fsp3) is 0.357. The van der Waals surface area contributed by atoms with Crippen molar-refractivity contribution in [3.63, 3.8) is 0 Å². The number of nitrogens with one attached hydrogen (secondary N) is 2. The Kier molecular flexibility index (Phi) is 4.39. The van der Waals surface area contributed by atoms with Crippen molar-refractivity contribution < 1.29 is 4.79 Å². The van der Waals surface area contributed by atoms with Gasteiger partial charge in [-0.1, -0.05) is 43.6 Å². The second-order valence-corrected chi connectivity index (χ2v) is 5.32. The van der Waals surface area contributed by atoms with Crippen molar-refractivity contribution in [3.05, 3.63) is 46.5 Å². The van der Waals surface area contributed by atoms with Crippen LogP contribution >= 0.6 is 11.6 Å². The Morgan fingerprint density at radius 3 is 2.60 bits per heavy atom. The number of halogens is 1. The molecule has 1 atom stereocenters. The second kappa shape index (κ2) is 6.05. The second-order valence-electron chi connectivity index (χ2n) is 4.92. The number of rotatable bonds is 4. The minimum atomic E-state index is -0.319. The highest BCUT2D eigenvalue weighted by molar-refractivity contribution is 6.31. The molecule has 0 aliphatic rings. The van der Waals surface area contributed by atoms with Crippen LogP contribution in [0.15, 0.2) is 24.3 Å². The first-order chi connectivity index (χ1) is 9.49. The summed E-state index contributed by atoms with van der Waals surface area (Å²) in [5.41, 5.74) is 0.863. The van der Waals surface area contributed by atoms with E-state index < -0.39 is 0 Å². The van der Waals surface area contributed by atoms with E-state index in [2.05, 4.69) is 20.5 Å². The molecule has 1 aromatic carbocycles. The van der Waals surface area contributed by atoms with E-state index in [1.54, 1.807) is 6.07 Å². The molecule has 1 heterocycles. The molecule has 6 heteroatoms. The normalized spacial score (nSPS) is 12.4. The fourth-order valence-corrected chi connectivity index (χ4v) is 2.10. The first-order valence-electron chi connectivity index (χ1n) is 6.46. The predicted molar refractivity (Wildman–Crippen MR) is 77.8 cm³/mol. The first kappa shape index (κ1) is 14.5. The van der Waals surface area contributed by atoms with Gasteiger partial charge in [-0.25, -0.2) is 4.98 Å². The van der Waals surface area contributed by atoms with Crippen molar-refractivity contribution in [1.29, 1.82) is 0 Å². The predicted octanol–water partition coefficient (Wildman–Crippen LogP) is 3.07. The number of carbonyl (C=O) groups is 1. The Hall–Kier alpha value is -1.88. The van der Waals surface area contributed by atoms with Gasteiger partial charge >= 0.3 is 0 Å². The number of hydrogen-bond donors (Lipinski definition) is 2. The molecule has 106 valence electrons. The molecule has 0 radical (unpaired) electrons. The van der Waals surface area contributed by atoms with Crippen molar-refractivity contribution in [1.82, 2.24) is 20.5 Å². The zero-order valence-corrected chi connectivity index (χ0v) is 12.4. The number of amides is 1. The molecule has 1 aromatic heterocycles. The van der Waals surface area contributed by atoms with Crippen LogP contribution in [0.2, 0.25) is 5.02 Å². The highest BCUT2D eigenvalue weighted by Crippen LogP contribution is 2.22. The first-order valence-corrected chi connectivity index (χ1v) is 6.84. The molecule has 5 nitrogen and oxygen atoms in total. The minimum absolute atomic E-state index is 0.146. The lowest BCUT2D eigenvalue weighted by Crippen LogP contribution is -2.27. The molecular formula is C14H17ClN4O. The molecule has 0 bridgehead atoms. The summed E-state index contributed by atoms with van der Waals surface area (Å²) in [6.45, 7) is 5.83. The fourth-order valence-electron chi connectivity index (χ4n) is 1.80. The van der Waals surface area contributed by atoms with Crippen LogP contribution in [0, 0.1) is 0 Å². The van der Waals surface area contributed by atoms with Gasteiger partial charge in [0.05, 0.1) is 6.04 Å². The number of carbonyl (C=O) groups excluding carboxylic acids is 1. The zero-order valence-electron chi connectivity index (χ0n) is 11.6. The smallest absolute Gasteiger partial charge is 0.291 e. The van der Waals surface area contributed by atoms with Crippen molar-refractivity contribution in [3.8, 4) is 0 Å². The highest BCUT2D eigenvalue weighted by Gasteiger charge is 2.17. The van der Waals surface area contributed by atoms with Gasteiger partial charge in [0.15, 0.2) is 0 Å². The van der Waals surface area contributed by atoms with E-state index in [-0.39, 0.29) is 23.7 Å². The van der Waals surface area contributed by atoms with E-state index in [9.17, 15) is 4.79 Å². The maximum absolute atomic E-state index is 12.1. The number of H-pyrrole nitrogens is 1. The highest BCUT2D eigenvalue weighted by atomic mass is 35.5. The van der Waals surface area contributed by atoms with Crippen molar-refractivity contribution >= 4 is 17.5 Å². The van der Waals surface area contributed by atoms with Crippen LogP contribution in [0.4, 0.5) is 0 Å². The van der Waals surface area contributed by atoms with Crippen LogP contribution in [0.5, 0.6) is 0 Å². The van der Waals surface area contributed by atoms with Crippen LogP contribution < -0.4 is 5.32 Å². The third-order valence-electron chi connectivity index (χ3n) is 2.97. The van der Waals surface area contributed by atoms with Crippen LogP contribution in [-0.4, -0.2) is 21.1 Å². The van der Waals surface area contributed by atoms with Crippen molar-refractivity contribution in [2.75, 3.05) is 0 Å². The van der Waals surface area contributed by atoms with Crippen molar-refractivity contribution in [2.24, 2.45) is 0 Å². The summed E-state index contributed by atoms with van der Waals surface area (Å²) < 4.78 is 0. The SMILES string of the molecule is CC(C)c1nc(C(=O)NC(C)c2ccccc2Cl)n[nH]1. The molecule has 0 saturated heterocycles. The lowest BCUT2D eigenvalue weighted by molar-refractivity contribution is 0.0929. The largest absolute Gasteiger partial charge is 0.343 e. The quantitative estimate of drug-likeness (QED) is 0.910. The molecule has 0 aliphatic heterocycles. The van der Waals surface area contributed by atoms with Gasteiger partial charge in [0.2, 0.25) is 5.82 Å². The van der Waals surface area contributed by atoms with E-state index in [0.29, 0.717) is 10.8 Å². The van der Waals surface area contributed by atoms with E-state index >= 15 is 0 Å². The summed E-state index contributed by atoms with van der Waals surface area (Å²) in [5.74, 6) is 0.721. The summed E-state index contributed by atoms with van der Waals surface area (Å²) in [7, 11) is 0. The molecule has 0 fully saturated rings. The van der Waals surface area contributed by atoms with Crippen LogP contribution in [-0.2, 0) is 0 Å². The monoisotopic (exact) mass is 292 g/mol. The molecule has 0 aliphatic carbocycles. The summed E-state index contributed by atoms with van der Waals surface area (Å²) >= 11 is 6.11. The molecule has 1 amide bonds. The summed E-state index contributed by atoms with van der Waals surface area (Å²) in [4.78, 5) is 16.2. The average Bonchev–Trinajstić information content (AvgIpc) is 2.88. The Morgan fingerprint density at radius 2 is 2.00 bits per heavy atom. The van der Waals surface area contributed by atoms with E-state index in [1.807, 2.05) is 39.0 Å². The maximum atomic E-state index is 12.1. The molecule has 2 N–H and O–H groups in total. The summed E-state index contributed by atoms with van der Waals surface area (Å²) in [6, 6.07) is 7.20. The number of aromatic amines is 1. The van der Waals surface area contributed by atoms with Crippen LogP contribution in [0.1, 0.15) is 54.7 Å². The number of aromatic nitrogens is 3. The van der Waals surface area contributed by atoms with Gasteiger partial charge in [0.25, 0.3) is 5.91 Å². The van der Waals surface area contributed by atoms with Gasteiger partial charge in [0, 0.05) is 10.9 Å². The molecular weight excluding hydrogens is 276 g/mol. The van der Waals surface area contributed by atoms with Gasteiger partial charge in [-0.15, -0.1) is 5.10 Å². The summed E-state index contributed by atoms with van der Waals surface area (Å²) in [6.07, 6.45) is 0. The number of nitrogens with zero attached hydrogens (tertiary/aromatic N) is 2. The summed E-state index contributed by atoms with van der Waals surface area (Å²) in [5, 5.41) is 10.1. The Balaban J connectivity index is 2.09.